The highest BCUT2D eigenvalue weighted by Crippen LogP contribution is 2.07. The number of carbonyl (C=O) groups is 2. The average molecular weight is 262 g/mol. The Morgan fingerprint density at radius 2 is 2.32 bits per heavy atom. The van der Waals surface area contributed by atoms with Gasteiger partial charge in [0.15, 0.2) is 5.65 Å². The molecule has 1 amide bonds. The molecule has 2 heterocycles. The van der Waals surface area contributed by atoms with E-state index in [0.29, 0.717) is 17.8 Å². The minimum absolute atomic E-state index is 0.0211. The third kappa shape index (κ3) is 3.06. The molecule has 0 aliphatic heterocycles. The van der Waals surface area contributed by atoms with Crippen LogP contribution in [-0.2, 0) is 4.79 Å². The lowest BCUT2D eigenvalue weighted by molar-refractivity contribution is -0.137. The fourth-order valence-corrected chi connectivity index (χ4v) is 1.72. The van der Waals surface area contributed by atoms with E-state index in [-0.39, 0.29) is 18.2 Å². The largest absolute Gasteiger partial charge is 0.481 e. The second kappa shape index (κ2) is 5.47. The van der Waals surface area contributed by atoms with Crippen LogP contribution < -0.4 is 5.32 Å². The molecular weight excluding hydrogens is 248 g/mol. The summed E-state index contributed by atoms with van der Waals surface area (Å²) in [5.41, 5.74) is 0.856. The van der Waals surface area contributed by atoms with Crippen LogP contribution in [0.15, 0.2) is 24.7 Å². The van der Waals surface area contributed by atoms with Gasteiger partial charge in [-0.25, -0.2) is 9.50 Å². The Labute approximate surface area is 109 Å². The van der Waals surface area contributed by atoms with Gasteiger partial charge in [-0.2, -0.15) is 5.10 Å². The summed E-state index contributed by atoms with van der Waals surface area (Å²) < 4.78 is 1.51. The number of fused-ring (bicyclic) bond motifs is 1. The molecule has 0 aromatic carbocycles. The number of hydrogen-bond donors (Lipinski definition) is 2. The summed E-state index contributed by atoms with van der Waals surface area (Å²) in [5, 5.41) is 15.3. The third-order valence-electron chi connectivity index (χ3n) is 2.66. The summed E-state index contributed by atoms with van der Waals surface area (Å²) in [4.78, 5) is 26.6. The van der Waals surface area contributed by atoms with E-state index in [4.69, 9.17) is 5.11 Å². The second-order valence-electron chi connectivity index (χ2n) is 4.36. The smallest absolute Gasteiger partial charge is 0.303 e. The first-order chi connectivity index (χ1) is 9.08. The summed E-state index contributed by atoms with van der Waals surface area (Å²) in [6.45, 7) is 2.07. The first-order valence-electron chi connectivity index (χ1n) is 5.86. The van der Waals surface area contributed by atoms with E-state index < -0.39 is 5.97 Å². The van der Waals surface area contributed by atoms with Crippen LogP contribution in [0.1, 0.15) is 23.7 Å². The van der Waals surface area contributed by atoms with Gasteiger partial charge in [0.05, 0.1) is 6.20 Å². The van der Waals surface area contributed by atoms with Crippen LogP contribution in [-0.4, -0.2) is 38.1 Å². The van der Waals surface area contributed by atoms with Gasteiger partial charge in [-0.1, -0.05) is 6.92 Å². The van der Waals surface area contributed by atoms with Crippen molar-refractivity contribution in [3.63, 3.8) is 0 Å². The molecule has 1 atom stereocenters. The molecule has 2 aromatic heterocycles. The zero-order valence-corrected chi connectivity index (χ0v) is 10.4. The Hall–Kier alpha value is -2.44. The van der Waals surface area contributed by atoms with Crippen molar-refractivity contribution in [2.24, 2.45) is 5.92 Å². The van der Waals surface area contributed by atoms with Gasteiger partial charge in [-0.05, 0) is 12.0 Å². The highest BCUT2D eigenvalue weighted by molar-refractivity contribution is 5.99. The van der Waals surface area contributed by atoms with Crippen molar-refractivity contribution in [3.8, 4) is 0 Å². The molecule has 0 radical (unpaired) electrons. The predicted octanol–water partition coefficient (Wildman–Crippen LogP) is 0.570. The van der Waals surface area contributed by atoms with Gasteiger partial charge < -0.3 is 10.4 Å². The van der Waals surface area contributed by atoms with Gasteiger partial charge in [-0.15, -0.1) is 0 Å². The van der Waals surface area contributed by atoms with Crippen LogP contribution in [0.4, 0.5) is 0 Å². The summed E-state index contributed by atoms with van der Waals surface area (Å²) in [6, 6.07) is 1.72. The molecule has 0 spiro atoms. The molecule has 1 unspecified atom stereocenters. The maximum absolute atomic E-state index is 12.0. The number of carboxylic acids is 1. The Kier molecular flexibility index (Phi) is 3.74. The Morgan fingerprint density at radius 1 is 1.53 bits per heavy atom. The van der Waals surface area contributed by atoms with Crippen LogP contribution >= 0.6 is 0 Å². The lowest BCUT2D eigenvalue weighted by Gasteiger charge is -2.09. The van der Waals surface area contributed by atoms with E-state index in [1.54, 1.807) is 25.4 Å². The fraction of sp³-hybridized carbons (Fsp3) is 0.333. The predicted molar refractivity (Wildman–Crippen MR) is 66.7 cm³/mol. The van der Waals surface area contributed by atoms with Gasteiger partial charge in [0.2, 0.25) is 0 Å². The Bertz CT molecular complexity index is 608. The van der Waals surface area contributed by atoms with Crippen LogP contribution in [0.3, 0.4) is 0 Å². The minimum atomic E-state index is -0.876. The molecule has 19 heavy (non-hydrogen) atoms. The van der Waals surface area contributed by atoms with Gasteiger partial charge in [0.1, 0.15) is 5.56 Å². The van der Waals surface area contributed by atoms with E-state index in [2.05, 4.69) is 15.4 Å². The molecular formula is C12H14N4O3. The van der Waals surface area contributed by atoms with E-state index in [1.165, 1.54) is 10.7 Å². The monoisotopic (exact) mass is 262 g/mol. The normalized spacial score (nSPS) is 12.3. The van der Waals surface area contributed by atoms with Gasteiger partial charge in [0, 0.05) is 25.4 Å². The maximum Gasteiger partial charge on any atom is 0.303 e. The number of carbonyl (C=O) groups excluding carboxylic acids is 1. The topological polar surface area (TPSA) is 96.6 Å². The van der Waals surface area contributed by atoms with Gasteiger partial charge >= 0.3 is 5.97 Å². The number of nitrogens with one attached hydrogen (secondary N) is 1. The summed E-state index contributed by atoms with van der Waals surface area (Å²) in [6.07, 6.45) is 4.75. The third-order valence-corrected chi connectivity index (χ3v) is 2.66. The minimum Gasteiger partial charge on any atom is -0.481 e. The van der Waals surface area contributed by atoms with E-state index in [0.717, 1.165) is 0 Å². The number of carboxylic acid groups (broad SMARTS) is 1. The SMILES string of the molecule is CC(CNC(=O)c1cnn2cccnc12)CC(=O)O. The van der Waals surface area contributed by atoms with Crippen molar-refractivity contribution in [2.45, 2.75) is 13.3 Å². The van der Waals surface area contributed by atoms with Crippen molar-refractivity contribution in [1.29, 1.82) is 0 Å². The van der Waals surface area contributed by atoms with Crippen molar-refractivity contribution in [3.05, 3.63) is 30.2 Å². The second-order valence-corrected chi connectivity index (χ2v) is 4.36. The number of nitrogens with zero attached hydrogens (tertiary/aromatic N) is 3. The van der Waals surface area contributed by atoms with E-state index in [1.807, 2.05) is 0 Å². The van der Waals surface area contributed by atoms with Crippen molar-refractivity contribution in [1.82, 2.24) is 19.9 Å². The molecule has 0 aliphatic rings. The average Bonchev–Trinajstić information content (AvgIpc) is 2.79. The molecule has 2 N–H and O–H groups in total. The standard InChI is InChI=1S/C12H14N4O3/c1-8(5-10(17)18)6-14-12(19)9-7-15-16-4-2-3-13-11(9)16/h2-4,7-8H,5-6H2,1H3,(H,14,19)(H,17,18). The van der Waals surface area contributed by atoms with E-state index >= 15 is 0 Å². The lowest BCUT2D eigenvalue weighted by Crippen LogP contribution is -2.29. The number of aromatic nitrogens is 3. The molecule has 2 aromatic rings. The molecule has 0 saturated heterocycles. The van der Waals surface area contributed by atoms with Crippen LogP contribution in [0.5, 0.6) is 0 Å². The molecule has 0 fully saturated rings. The summed E-state index contributed by atoms with van der Waals surface area (Å²) in [5.74, 6) is -1.30. The van der Waals surface area contributed by atoms with Crippen molar-refractivity contribution >= 4 is 17.5 Å². The quantitative estimate of drug-likeness (QED) is 0.821. The van der Waals surface area contributed by atoms with E-state index in [9.17, 15) is 9.59 Å². The highest BCUT2D eigenvalue weighted by Gasteiger charge is 2.15. The molecule has 0 saturated carbocycles. The molecule has 0 aliphatic carbocycles. The zero-order valence-electron chi connectivity index (χ0n) is 10.4. The molecule has 0 bridgehead atoms. The van der Waals surface area contributed by atoms with Crippen LogP contribution in [0, 0.1) is 5.92 Å². The van der Waals surface area contributed by atoms with Gasteiger partial charge in [-0.3, -0.25) is 9.59 Å². The number of amides is 1. The molecule has 7 nitrogen and oxygen atoms in total. The van der Waals surface area contributed by atoms with Crippen LogP contribution in [0.25, 0.3) is 5.65 Å². The molecule has 7 heteroatoms. The lowest BCUT2D eigenvalue weighted by atomic mass is 10.1. The zero-order chi connectivity index (χ0) is 13.8. The molecule has 100 valence electrons. The Morgan fingerprint density at radius 3 is 3.05 bits per heavy atom. The first kappa shape index (κ1) is 13.0. The number of rotatable bonds is 5. The summed E-state index contributed by atoms with van der Waals surface area (Å²) >= 11 is 0. The van der Waals surface area contributed by atoms with Gasteiger partial charge in [0.25, 0.3) is 5.91 Å². The van der Waals surface area contributed by atoms with Crippen LogP contribution in [0.2, 0.25) is 0 Å². The highest BCUT2D eigenvalue weighted by atomic mass is 16.4. The fourth-order valence-electron chi connectivity index (χ4n) is 1.72. The number of hydrogen-bond acceptors (Lipinski definition) is 4. The number of aliphatic carboxylic acids is 1. The maximum atomic E-state index is 12.0. The first-order valence-corrected chi connectivity index (χ1v) is 5.86. The molecule has 2 rings (SSSR count). The summed E-state index contributed by atoms with van der Waals surface area (Å²) in [7, 11) is 0. The Balaban J connectivity index is 2.02. The van der Waals surface area contributed by atoms with Crippen molar-refractivity contribution in [2.75, 3.05) is 6.54 Å². The van der Waals surface area contributed by atoms with Crippen molar-refractivity contribution < 1.29 is 14.7 Å².